The van der Waals surface area contributed by atoms with Crippen LogP contribution in [0, 0.1) is 17.2 Å². The van der Waals surface area contributed by atoms with Gasteiger partial charge >= 0.3 is 0 Å². The highest BCUT2D eigenvalue weighted by Crippen LogP contribution is 2.16. The number of hydrogen-bond donors (Lipinski definition) is 2. The molecule has 0 saturated heterocycles. The average Bonchev–Trinajstić information content (AvgIpc) is 2.73. The van der Waals surface area contributed by atoms with Crippen LogP contribution < -0.4 is 11.3 Å². The summed E-state index contributed by atoms with van der Waals surface area (Å²) in [7, 11) is 0. The zero-order valence-corrected chi connectivity index (χ0v) is 11.0. The van der Waals surface area contributed by atoms with Gasteiger partial charge in [0.2, 0.25) is 5.13 Å². The van der Waals surface area contributed by atoms with Gasteiger partial charge in [-0.1, -0.05) is 25.2 Å². The third kappa shape index (κ3) is 5.08. The molecule has 94 valence electrons. The molecule has 0 aliphatic carbocycles. The van der Waals surface area contributed by atoms with E-state index in [1.807, 2.05) is 0 Å². The molecular formula is C10H18N6S. The second-order valence-corrected chi connectivity index (χ2v) is 5.24. The van der Waals surface area contributed by atoms with Crippen molar-refractivity contribution in [2.75, 3.05) is 18.5 Å². The molecule has 0 unspecified atom stereocenters. The van der Waals surface area contributed by atoms with E-state index in [1.165, 1.54) is 11.3 Å². The Bertz CT molecular complexity index is 369. The number of nitrogens with two attached hydrogens (primary N) is 1. The highest BCUT2D eigenvalue weighted by atomic mass is 32.1. The first-order chi connectivity index (χ1) is 8.15. The monoisotopic (exact) mass is 254 g/mol. The van der Waals surface area contributed by atoms with Gasteiger partial charge in [-0.25, -0.2) is 5.84 Å². The van der Waals surface area contributed by atoms with Gasteiger partial charge in [-0.3, -0.25) is 10.3 Å². The van der Waals surface area contributed by atoms with Crippen LogP contribution in [-0.4, -0.2) is 28.2 Å². The molecule has 7 heteroatoms. The van der Waals surface area contributed by atoms with Crippen LogP contribution in [-0.2, 0) is 6.54 Å². The lowest BCUT2D eigenvalue weighted by molar-refractivity contribution is 0.240. The van der Waals surface area contributed by atoms with Gasteiger partial charge in [-0.05, 0) is 5.92 Å². The van der Waals surface area contributed by atoms with Gasteiger partial charge in [0.05, 0.1) is 12.6 Å². The van der Waals surface area contributed by atoms with Crippen molar-refractivity contribution in [2.45, 2.75) is 26.8 Å². The van der Waals surface area contributed by atoms with Gasteiger partial charge in [-0.15, -0.1) is 10.2 Å². The minimum atomic E-state index is 0.535. The molecule has 0 amide bonds. The number of hydrogen-bond acceptors (Lipinski definition) is 7. The fourth-order valence-electron chi connectivity index (χ4n) is 1.53. The van der Waals surface area contributed by atoms with E-state index in [1.54, 1.807) is 0 Å². The van der Waals surface area contributed by atoms with Crippen molar-refractivity contribution in [1.82, 2.24) is 15.1 Å². The second kappa shape index (κ2) is 7.17. The molecule has 1 rings (SSSR count). The minimum Gasteiger partial charge on any atom is -0.298 e. The SMILES string of the molecule is CC(C)CN(CCC#N)Cc1nnc(NN)s1. The van der Waals surface area contributed by atoms with Crippen molar-refractivity contribution in [3.05, 3.63) is 5.01 Å². The fraction of sp³-hybridized carbons (Fsp3) is 0.700. The summed E-state index contributed by atoms with van der Waals surface area (Å²) in [6.45, 7) is 6.75. The van der Waals surface area contributed by atoms with E-state index in [0.717, 1.165) is 24.6 Å². The van der Waals surface area contributed by atoms with Crippen LogP contribution in [0.15, 0.2) is 0 Å². The van der Waals surface area contributed by atoms with Crippen molar-refractivity contribution < 1.29 is 0 Å². The van der Waals surface area contributed by atoms with Crippen molar-refractivity contribution in [1.29, 1.82) is 5.26 Å². The Morgan fingerprint density at radius 1 is 1.53 bits per heavy atom. The number of nitrogen functional groups attached to an aromatic ring is 1. The first-order valence-corrected chi connectivity index (χ1v) is 6.35. The third-order valence-electron chi connectivity index (χ3n) is 2.11. The number of anilines is 1. The number of nitriles is 1. The molecule has 0 spiro atoms. The van der Waals surface area contributed by atoms with Crippen molar-refractivity contribution in [3.8, 4) is 6.07 Å². The molecule has 0 aliphatic heterocycles. The zero-order chi connectivity index (χ0) is 12.7. The van der Waals surface area contributed by atoms with E-state index in [0.29, 0.717) is 17.5 Å². The summed E-state index contributed by atoms with van der Waals surface area (Å²) in [4.78, 5) is 2.22. The highest BCUT2D eigenvalue weighted by Gasteiger charge is 2.11. The summed E-state index contributed by atoms with van der Waals surface area (Å²) in [6, 6.07) is 2.17. The number of nitrogens with one attached hydrogen (secondary N) is 1. The van der Waals surface area contributed by atoms with E-state index in [-0.39, 0.29) is 0 Å². The number of rotatable bonds is 7. The molecule has 0 bridgehead atoms. The molecule has 1 heterocycles. The molecule has 0 atom stereocenters. The van der Waals surface area contributed by atoms with Gasteiger partial charge in [0.15, 0.2) is 0 Å². The lowest BCUT2D eigenvalue weighted by Crippen LogP contribution is -2.28. The number of nitrogens with zero attached hydrogens (tertiary/aromatic N) is 4. The molecule has 3 N–H and O–H groups in total. The second-order valence-electron chi connectivity index (χ2n) is 4.18. The lowest BCUT2D eigenvalue weighted by Gasteiger charge is -2.21. The molecule has 17 heavy (non-hydrogen) atoms. The van der Waals surface area contributed by atoms with Crippen LogP contribution >= 0.6 is 11.3 Å². The maximum Gasteiger partial charge on any atom is 0.219 e. The predicted octanol–water partition coefficient (Wildman–Crippen LogP) is 1.20. The largest absolute Gasteiger partial charge is 0.298 e. The normalized spacial score (nSPS) is 10.8. The molecule has 0 fully saturated rings. The molecule has 1 aromatic heterocycles. The minimum absolute atomic E-state index is 0.535. The lowest BCUT2D eigenvalue weighted by atomic mass is 10.2. The van der Waals surface area contributed by atoms with Gasteiger partial charge < -0.3 is 0 Å². The first kappa shape index (κ1) is 13.8. The van der Waals surface area contributed by atoms with Crippen LogP contribution in [0.5, 0.6) is 0 Å². The van der Waals surface area contributed by atoms with Crippen LogP contribution in [0.4, 0.5) is 5.13 Å². The summed E-state index contributed by atoms with van der Waals surface area (Å²) in [5.41, 5.74) is 2.48. The van der Waals surface area contributed by atoms with E-state index in [9.17, 15) is 0 Å². The Kier molecular flexibility index (Phi) is 5.83. The molecule has 6 nitrogen and oxygen atoms in total. The zero-order valence-electron chi connectivity index (χ0n) is 10.2. The summed E-state index contributed by atoms with van der Waals surface area (Å²) in [5, 5.41) is 18.1. The van der Waals surface area contributed by atoms with Gasteiger partial charge in [0.1, 0.15) is 5.01 Å². The van der Waals surface area contributed by atoms with Crippen LogP contribution in [0.2, 0.25) is 0 Å². The van der Waals surface area contributed by atoms with Crippen LogP contribution in [0.1, 0.15) is 25.3 Å². The quantitative estimate of drug-likeness (QED) is 0.561. The summed E-state index contributed by atoms with van der Waals surface area (Å²) < 4.78 is 0. The van der Waals surface area contributed by atoms with E-state index in [4.69, 9.17) is 11.1 Å². The van der Waals surface area contributed by atoms with Gasteiger partial charge in [-0.2, -0.15) is 5.26 Å². The van der Waals surface area contributed by atoms with Crippen molar-refractivity contribution in [3.63, 3.8) is 0 Å². The Labute approximate surface area is 105 Å². The van der Waals surface area contributed by atoms with Crippen molar-refractivity contribution >= 4 is 16.5 Å². The fourth-order valence-corrected chi connectivity index (χ4v) is 2.22. The van der Waals surface area contributed by atoms with Crippen LogP contribution in [0.25, 0.3) is 0 Å². The predicted molar refractivity (Wildman–Crippen MR) is 68.1 cm³/mol. The van der Waals surface area contributed by atoms with Crippen molar-refractivity contribution in [2.24, 2.45) is 11.8 Å². The van der Waals surface area contributed by atoms with E-state index < -0.39 is 0 Å². The van der Waals surface area contributed by atoms with Gasteiger partial charge in [0, 0.05) is 19.5 Å². The number of hydrazine groups is 1. The maximum atomic E-state index is 8.63. The van der Waals surface area contributed by atoms with E-state index in [2.05, 4.69) is 40.4 Å². The van der Waals surface area contributed by atoms with E-state index >= 15 is 0 Å². The van der Waals surface area contributed by atoms with Gasteiger partial charge in [0.25, 0.3) is 0 Å². The first-order valence-electron chi connectivity index (χ1n) is 5.54. The van der Waals surface area contributed by atoms with Crippen LogP contribution in [0.3, 0.4) is 0 Å². The Morgan fingerprint density at radius 2 is 2.29 bits per heavy atom. The Hall–Kier alpha value is -1.23. The third-order valence-corrected chi connectivity index (χ3v) is 2.95. The molecular weight excluding hydrogens is 236 g/mol. The smallest absolute Gasteiger partial charge is 0.219 e. The number of aromatic nitrogens is 2. The summed E-state index contributed by atoms with van der Waals surface area (Å²) in [5.74, 6) is 5.82. The topological polar surface area (TPSA) is 90.9 Å². The summed E-state index contributed by atoms with van der Waals surface area (Å²) >= 11 is 1.44. The highest BCUT2D eigenvalue weighted by molar-refractivity contribution is 7.15. The molecule has 0 aliphatic rings. The molecule has 0 saturated carbocycles. The molecule has 1 aromatic rings. The standard InChI is InChI=1S/C10H18N6S/c1-8(2)6-16(5-3-4-11)7-9-14-15-10(13-12)17-9/h8H,3,5-7,12H2,1-2H3,(H,13,15). The maximum absolute atomic E-state index is 8.63. The Balaban J connectivity index is 2.55. The summed E-state index contributed by atoms with van der Waals surface area (Å²) in [6.07, 6.45) is 0.535. The Morgan fingerprint density at radius 3 is 2.82 bits per heavy atom. The molecule has 0 aromatic carbocycles. The average molecular weight is 254 g/mol. The molecule has 0 radical (unpaired) electrons.